The third-order valence-corrected chi connectivity index (χ3v) is 5.10. The van der Waals surface area contributed by atoms with Crippen molar-refractivity contribution in [2.75, 3.05) is 31.1 Å². The van der Waals surface area contributed by atoms with Gasteiger partial charge in [-0.25, -0.2) is 8.42 Å². The third-order valence-electron chi connectivity index (χ3n) is 3.49. The van der Waals surface area contributed by atoms with Gasteiger partial charge in [0.15, 0.2) is 9.84 Å². The quantitative estimate of drug-likeness (QED) is 0.768. The van der Waals surface area contributed by atoms with E-state index in [1.807, 2.05) is 0 Å². The monoisotopic (exact) mass is 248 g/mol. The fraction of sp³-hybridized carbons (Fsp3) is 1.00. The summed E-state index contributed by atoms with van der Waals surface area (Å²) in [5.41, 5.74) is 5.81. The van der Waals surface area contributed by atoms with E-state index < -0.39 is 9.84 Å². The summed E-state index contributed by atoms with van der Waals surface area (Å²) in [7, 11) is -2.78. The second-order valence-electron chi connectivity index (χ2n) is 4.76. The standard InChI is InChI=1S/C11H24N2O2S/c1-3-4-10(2)11(9-12)13-5-7-16(14,15)8-6-13/h10-11H,3-9,12H2,1-2H3. The van der Waals surface area contributed by atoms with Gasteiger partial charge in [0.25, 0.3) is 0 Å². The molecular weight excluding hydrogens is 224 g/mol. The van der Waals surface area contributed by atoms with Gasteiger partial charge in [0.05, 0.1) is 11.5 Å². The molecule has 0 amide bonds. The third kappa shape index (κ3) is 3.71. The average molecular weight is 248 g/mol. The molecule has 5 heteroatoms. The van der Waals surface area contributed by atoms with Crippen molar-refractivity contribution in [2.45, 2.75) is 32.7 Å². The minimum Gasteiger partial charge on any atom is -0.329 e. The van der Waals surface area contributed by atoms with E-state index in [1.54, 1.807) is 0 Å². The predicted molar refractivity (Wildman–Crippen MR) is 67.1 cm³/mol. The van der Waals surface area contributed by atoms with Crippen LogP contribution in [0.4, 0.5) is 0 Å². The maximum atomic E-state index is 11.3. The minimum atomic E-state index is -2.78. The molecule has 0 spiro atoms. The molecule has 2 N–H and O–H groups in total. The minimum absolute atomic E-state index is 0.294. The Morgan fingerprint density at radius 2 is 1.88 bits per heavy atom. The zero-order valence-electron chi connectivity index (χ0n) is 10.4. The average Bonchev–Trinajstić information content (AvgIpc) is 2.22. The van der Waals surface area contributed by atoms with Crippen molar-refractivity contribution in [3.05, 3.63) is 0 Å². The second-order valence-corrected chi connectivity index (χ2v) is 7.06. The molecule has 0 radical (unpaired) electrons. The fourth-order valence-electron chi connectivity index (χ4n) is 2.45. The Bertz CT molecular complexity index is 289. The molecule has 0 aromatic heterocycles. The Hall–Kier alpha value is -0.130. The first-order valence-electron chi connectivity index (χ1n) is 6.14. The van der Waals surface area contributed by atoms with Crippen LogP contribution in [0.5, 0.6) is 0 Å². The summed E-state index contributed by atoms with van der Waals surface area (Å²) in [6.45, 7) is 6.31. The van der Waals surface area contributed by atoms with Crippen LogP contribution in [-0.2, 0) is 9.84 Å². The largest absolute Gasteiger partial charge is 0.329 e. The molecule has 2 atom stereocenters. The van der Waals surface area contributed by atoms with E-state index in [1.165, 1.54) is 0 Å². The van der Waals surface area contributed by atoms with Crippen molar-refractivity contribution in [1.82, 2.24) is 4.90 Å². The van der Waals surface area contributed by atoms with E-state index in [0.717, 1.165) is 12.8 Å². The van der Waals surface area contributed by atoms with E-state index >= 15 is 0 Å². The van der Waals surface area contributed by atoms with Gasteiger partial charge in [-0.3, -0.25) is 4.90 Å². The molecule has 0 aliphatic carbocycles. The second kappa shape index (κ2) is 5.98. The van der Waals surface area contributed by atoms with E-state index in [-0.39, 0.29) is 0 Å². The molecule has 0 bridgehead atoms. The maximum absolute atomic E-state index is 11.3. The Balaban J connectivity index is 2.55. The van der Waals surface area contributed by atoms with Crippen molar-refractivity contribution < 1.29 is 8.42 Å². The van der Waals surface area contributed by atoms with Gasteiger partial charge in [-0.05, 0) is 12.3 Å². The summed E-state index contributed by atoms with van der Waals surface area (Å²) < 4.78 is 22.7. The molecule has 96 valence electrons. The first kappa shape index (κ1) is 13.9. The van der Waals surface area contributed by atoms with Gasteiger partial charge in [0.1, 0.15) is 0 Å². The molecule has 0 saturated carbocycles. The van der Waals surface area contributed by atoms with E-state index in [0.29, 0.717) is 43.1 Å². The highest BCUT2D eigenvalue weighted by Crippen LogP contribution is 2.18. The van der Waals surface area contributed by atoms with Gasteiger partial charge < -0.3 is 5.73 Å². The normalized spacial score (nSPS) is 25.2. The van der Waals surface area contributed by atoms with Gasteiger partial charge in [0.2, 0.25) is 0 Å². The van der Waals surface area contributed by atoms with Crippen LogP contribution < -0.4 is 5.73 Å². The van der Waals surface area contributed by atoms with Crippen LogP contribution in [-0.4, -0.2) is 50.5 Å². The van der Waals surface area contributed by atoms with Crippen LogP contribution >= 0.6 is 0 Å². The number of nitrogens with two attached hydrogens (primary N) is 1. The zero-order valence-corrected chi connectivity index (χ0v) is 11.2. The van der Waals surface area contributed by atoms with Gasteiger partial charge >= 0.3 is 0 Å². The summed E-state index contributed by atoms with van der Waals surface area (Å²) in [6.07, 6.45) is 2.31. The maximum Gasteiger partial charge on any atom is 0.152 e. The van der Waals surface area contributed by atoms with E-state index in [9.17, 15) is 8.42 Å². The van der Waals surface area contributed by atoms with Crippen molar-refractivity contribution in [3.63, 3.8) is 0 Å². The van der Waals surface area contributed by atoms with Gasteiger partial charge in [-0.1, -0.05) is 20.3 Å². The van der Waals surface area contributed by atoms with Gasteiger partial charge in [-0.15, -0.1) is 0 Å². The molecule has 1 fully saturated rings. The van der Waals surface area contributed by atoms with Crippen LogP contribution in [0, 0.1) is 5.92 Å². The summed E-state index contributed by atoms with van der Waals surface area (Å²) >= 11 is 0. The molecule has 4 nitrogen and oxygen atoms in total. The number of nitrogens with zero attached hydrogens (tertiary/aromatic N) is 1. The van der Waals surface area contributed by atoms with Crippen LogP contribution in [0.3, 0.4) is 0 Å². The number of sulfone groups is 1. The molecule has 2 unspecified atom stereocenters. The van der Waals surface area contributed by atoms with Crippen LogP contribution in [0.15, 0.2) is 0 Å². The van der Waals surface area contributed by atoms with Gasteiger partial charge in [-0.2, -0.15) is 0 Å². The number of hydrogen-bond donors (Lipinski definition) is 1. The van der Waals surface area contributed by atoms with Crippen LogP contribution in [0.1, 0.15) is 26.7 Å². The van der Waals surface area contributed by atoms with Gasteiger partial charge in [0, 0.05) is 25.7 Å². The lowest BCUT2D eigenvalue weighted by molar-refractivity contribution is 0.159. The lowest BCUT2D eigenvalue weighted by atomic mass is 9.95. The van der Waals surface area contributed by atoms with Crippen molar-refractivity contribution in [1.29, 1.82) is 0 Å². The molecule has 1 aliphatic heterocycles. The summed E-state index contributed by atoms with van der Waals surface area (Å²) in [5.74, 6) is 1.14. The SMILES string of the molecule is CCCC(C)C(CN)N1CCS(=O)(=O)CC1. The smallest absolute Gasteiger partial charge is 0.152 e. The summed E-state index contributed by atoms with van der Waals surface area (Å²) in [5, 5.41) is 0. The van der Waals surface area contributed by atoms with Crippen LogP contribution in [0.2, 0.25) is 0 Å². The van der Waals surface area contributed by atoms with Crippen molar-refractivity contribution in [3.8, 4) is 0 Å². The number of rotatable bonds is 5. The van der Waals surface area contributed by atoms with Crippen LogP contribution in [0.25, 0.3) is 0 Å². The molecule has 1 saturated heterocycles. The first-order valence-corrected chi connectivity index (χ1v) is 7.97. The lowest BCUT2D eigenvalue weighted by Gasteiger charge is -2.37. The Labute approximate surface area is 99.1 Å². The Morgan fingerprint density at radius 3 is 2.31 bits per heavy atom. The topological polar surface area (TPSA) is 63.4 Å². The molecule has 1 rings (SSSR count). The molecular formula is C11H24N2O2S. The Kier molecular flexibility index (Phi) is 5.21. The van der Waals surface area contributed by atoms with Crippen molar-refractivity contribution >= 4 is 9.84 Å². The van der Waals surface area contributed by atoms with E-state index in [4.69, 9.17) is 5.73 Å². The van der Waals surface area contributed by atoms with Crippen molar-refractivity contribution in [2.24, 2.45) is 11.7 Å². The highest BCUT2D eigenvalue weighted by molar-refractivity contribution is 7.91. The molecule has 1 heterocycles. The zero-order chi connectivity index (χ0) is 12.2. The number of hydrogen-bond acceptors (Lipinski definition) is 4. The molecule has 0 aromatic carbocycles. The van der Waals surface area contributed by atoms with E-state index in [2.05, 4.69) is 18.7 Å². The lowest BCUT2D eigenvalue weighted by Crippen LogP contribution is -2.51. The molecule has 0 aromatic rings. The fourth-order valence-corrected chi connectivity index (χ4v) is 3.68. The molecule has 1 aliphatic rings. The summed E-state index contributed by atoms with van der Waals surface area (Å²) in [4.78, 5) is 2.25. The highest BCUT2D eigenvalue weighted by Gasteiger charge is 2.28. The first-order chi connectivity index (χ1) is 7.50. The Morgan fingerprint density at radius 1 is 1.31 bits per heavy atom. The summed E-state index contributed by atoms with van der Waals surface area (Å²) in [6, 6.07) is 0.343. The molecule has 16 heavy (non-hydrogen) atoms. The predicted octanol–water partition coefficient (Wildman–Crippen LogP) is 0.480. The highest BCUT2D eigenvalue weighted by atomic mass is 32.2.